The van der Waals surface area contributed by atoms with E-state index in [1.165, 1.54) is 18.4 Å². The molecule has 1 atom stereocenters. The van der Waals surface area contributed by atoms with Gasteiger partial charge >= 0.3 is 0 Å². The molecule has 0 radical (unpaired) electrons. The van der Waals surface area contributed by atoms with Gasteiger partial charge in [0, 0.05) is 24.6 Å². The van der Waals surface area contributed by atoms with Crippen molar-refractivity contribution in [2.45, 2.75) is 18.9 Å². The lowest BCUT2D eigenvalue weighted by molar-refractivity contribution is 0.633. The van der Waals surface area contributed by atoms with Crippen LogP contribution in [0, 0.1) is 5.92 Å². The van der Waals surface area contributed by atoms with Crippen molar-refractivity contribution in [3.8, 4) is 0 Å². The van der Waals surface area contributed by atoms with Gasteiger partial charge in [0.15, 0.2) is 0 Å². The zero-order valence-corrected chi connectivity index (χ0v) is 7.93. The van der Waals surface area contributed by atoms with Gasteiger partial charge in [0.05, 0.1) is 0 Å². The maximum Gasteiger partial charge on any atom is 0.136 e. The van der Waals surface area contributed by atoms with Crippen molar-refractivity contribution in [3.05, 3.63) is 36.3 Å². The third kappa shape index (κ3) is 1.21. The van der Waals surface area contributed by atoms with Crippen molar-refractivity contribution in [2.75, 3.05) is 0 Å². The monoisotopic (exact) mass is 187 g/mol. The van der Waals surface area contributed by atoms with Crippen LogP contribution >= 0.6 is 0 Å². The van der Waals surface area contributed by atoms with Crippen LogP contribution in [0.15, 0.2) is 30.7 Å². The van der Waals surface area contributed by atoms with Gasteiger partial charge in [0.25, 0.3) is 0 Å². The first-order valence-electron chi connectivity index (χ1n) is 5.03. The van der Waals surface area contributed by atoms with Crippen molar-refractivity contribution >= 4 is 5.65 Å². The Morgan fingerprint density at radius 2 is 2.29 bits per heavy atom. The average molecular weight is 187 g/mol. The molecule has 0 spiro atoms. The molecule has 0 aliphatic heterocycles. The third-order valence-electron chi connectivity index (χ3n) is 2.94. The zero-order valence-electron chi connectivity index (χ0n) is 7.93. The number of hydrogen-bond acceptors (Lipinski definition) is 2. The molecule has 0 saturated heterocycles. The van der Waals surface area contributed by atoms with Crippen molar-refractivity contribution < 1.29 is 0 Å². The predicted octanol–water partition coefficient (Wildman–Crippen LogP) is 1.74. The topological polar surface area (TPSA) is 43.3 Å². The lowest BCUT2D eigenvalue weighted by Crippen LogP contribution is -2.12. The summed E-state index contributed by atoms with van der Waals surface area (Å²) in [4.78, 5) is 4.25. The Morgan fingerprint density at radius 1 is 1.43 bits per heavy atom. The molecule has 1 saturated carbocycles. The van der Waals surface area contributed by atoms with Crippen LogP contribution in [-0.2, 0) is 0 Å². The van der Waals surface area contributed by atoms with Crippen LogP contribution in [0.2, 0.25) is 0 Å². The van der Waals surface area contributed by atoms with E-state index in [0.29, 0.717) is 5.92 Å². The minimum absolute atomic E-state index is 0.205. The molecule has 3 heteroatoms. The number of fused-ring (bicyclic) bond motifs is 1. The van der Waals surface area contributed by atoms with E-state index in [1.807, 2.05) is 23.0 Å². The molecule has 0 bridgehead atoms. The molecule has 3 rings (SSSR count). The van der Waals surface area contributed by atoms with Crippen molar-refractivity contribution in [3.63, 3.8) is 0 Å². The number of nitrogens with two attached hydrogens (primary N) is 1. The van der Waals surface area contributed by atoms with Gasteiger partial charge in [-0.15, -0.1) is 0 Å². The molecular formula is C11H13N3. The molecule has 2 heterocycles. The highest BCUT2D eigenvalue weighted by atomic mass is 15.0. The number of aromatic nitrogens is 2. The highest BCUT2D eigenvalue weighted by Crippen LogP contribution is 2.39. The lowest BCUT2D eigenvalue weighted by Gasteiger charge is -2.10. The van der Waals surface area contributed by atoms with E-state index in [9.17, 15) is 0 Å². The predicted molar refractivity (Wildman–Crippen MR) is 54.8 cm³/mol. The molecule has 72 valence electrons. The Kier molecular flexibility index (Phi) is 1.61. The largest absolute Gasteiger partial charge is 0.324 e. The number of rotatable bonds is 2. The van der Waals surface area contributed by atoms with Gasteiger partial charge in [-0.2, -0.15) is 0 Å². The quantitative estimate of drug-likeness (QED) is 0.778. The SMILES string of the molecule is NC(c1ccn2ccnc2c1)C1CC1. The third-order valence-corrected chi connectivity index (χ3v) is 2.94. The summed E-state index contributed by atoms with van der Waals surface area (Å²) in [7, 11) is 0. The van der Waals surface area contributed by atoms with E-state index in [4.69, 9.17) is 5.73 Å². The Balaban J connectivity index is 2.03. The van der Waals surface area contributed by atoms with E-state index in [0.717, 1.165) is 5.65 Å². The zero-order chi connectivity index (χ0) is 9.54. The van der Waals surface area contributed by atoms with Crippen LogP contribution in [0.4, 0.5) is 0 Å². The van der Waals surface area contributed by atoms with Gasteiger partial charge in [-0.3, -0.25) is 0 Å². The molecule has 2 aromatic rings. The van der Waals surface area contributed by atoms with Gasteiger partial charge in [-0.25, -0.2) is 4.98 Å². The summed E-state index contributed by atoms with van der Waals surface area (Å²) in [5.41, 5.74) is 8.32. The first-order valence-corrected chi connectivity index (χ1v) is 5.03. The van der Waals surface area contributed by atoms with Crippen LogP contribution in [0.5, 0.6) is 0 Å². The molecule has 14 heavy (non-hydrogen) atoms. The molecule has 0 aromatic carbocycles. The van der Waals surface area contributed by atoms with E-state index >= 15 is 0 Å². The number of imidazole rings is 1. The molecule has 1 fully saturated rings. The molecule has 1 aliphatic carbocycles. The smallest absolute Gasteiger partial charge is 0.136 e. The molecule has 3 nitrogen and oxygen atoms in total. The molecule has 2 N–H and O–H groups in total. The fraction of sp³-hybridized carbons (Fsp3) is 0.364. The second-order valence-electron chi connectivity index (χ2n) is 4.02. The number of hydrogen-bond donors (Lipinski definition) is 1. The molecule has 0 amide bonds. The fourth-order valence-corrected chi connectivity index (χ4v) is 1.86. The average Bonchev–Trinajstić information content (AvgIpc) is 2.95. The Morgan fingerprint density at radius 3 is 3.07 bits per heavy atom. The maximum atomic E-state index is 6.12. The van der Waals surface area contributed by atoms with Gasteiger partial charge in [0.2, 0.25) is 0 Å². The summed E-state index contributed by atoms with van der Waals surface area (Å²) in [5, 5.41) is 0. The summed E-state index contributed by atoms with van der Waals surface area (Å²) < 4.78 is 2.00. The molecule has 1 aliphatic rings. The van der Waals surface area contributed by atoms with Crippen molar-refractivity contribution in [2.24, 2.45) is 11.7 Å². The molecule has 2 aromatic heterocycles. The van der Waals surface area contributed by atoms with E-state index < -0.39 is 0 Å². The molecule has 1 unspecified atom stereocenters. The summed E-state index contributed by atoms with van der Waals surface area (Å²) in [6, 6.07) is 4.39. The van der Waals surface area contributed by atoms with Gasteiger partial charge < -0.3 is 10.1 Å². The number of nitrogens with zero attached hydrogens (tertiary/aromatic N) is 2. The number of pyridine rings is 1. The minimum Gasteiger partial charge on any atom is -0.324 e. The normalized spacial score (nSPS) is 18.6. The van der Waals surface area contributed by atoms with E-state index in [1.54, 1.807) is 0 Å². The first-order chi connectivity index (χ1) is 6.84. The first kappa shape index (κ1) is 8.00. The standard InChI is InChI=1S/C11H13N3/c12-11(8-1-2-8)9-3-5-14-6-4-13-10(14)7-9/h3-8,11H,1-2,12H2. The Hall–Kier alpha value is -1.35. The summed E-state index contributed by atoms with van der Waals surface area (Å²) in [6.07, 6.45) is 8.34. The highest BCUT2D eigenvalue weighted by molar-refractivity contribution is 5.42. The minimum atomic E-state index is 0.205. The summed E-state index contributed by atoms with van der Waals surface area (Å²) >= 11 is 0. The van der Waals surface area contributed by atoms with Gasteiger partial charge in [0.1, 0.15) is 5.65 Å². The van der Waals surface area contributed by atoms with Gasteiger partial charge in [-0.1, -0.05) is 0 Å². The van der Waals surface area contributed by atoms with Crippen molar-refractivity contribution in [1.29, 1.82) is 0 Å². The van der Waals surface area contributed by atoms with E-state index in [-0.39, 0.29) is 6.04 Å². The fourth-order valence-electron chi connectivity index (χ4n) is 1.86. The Bertz CT molecular complexity index is 456. The van der Waals surface area contributed by atoms with Gasteiger partial charge in [-0.05, 0) is 36.5 Å². The van der Waals surface area contributed by atoms with Crippen LogP contribution < -0.4 is 5.73 Å². The van der Waals surface area contributed by atoms with Crippen LogP contribution in [0.3, 0.4) is 0 Å². The van der Waals surface area contributed by atoms with Crippen LogP contribution in [-0.4, -0.2) is 9.38 Å². The van der Waals surface area contributed by atoms with E-state index in [2.05, 4.69) is 17.1 Å². The summed E-state index contributed by atoms with van der Waals surface area (Å²) in [5.74, 6) is 0.701. The molecular weight excluding hydrogens is 174 g/mol. The van der Waals surface area contributed by atoms with Crippen LogP contribution in [0.25, 0.3) is 5.65 Å². The maximum absolute atomic E-state index is 6.12. The highest BCUT2D eigenvalue weighted by Gasteiger charge is 2.29. The lowest BCUT2D eigenvalue weighted by atomic mass is 10.1. The second kappa shape index (κ2) is 2.82. The Labute approximate surface area is 82.6 Å². The summed E-state index contributed by atoms with van der Waals surface area (Å²) in [6.45, 7) is 0. The second-order valence-corrected chi connectivity index (χ2v) is 4.02. The van der Waals surface area contributed by atoms with Crippen molar-refractivity contribution in [1.82, 2.24) is 9.38 Å². The van der Waals surface area contributed by atoms with Crippen LogP contribution in [0.1, 0.15) is 24.4 Å².